The number of benzene rings is 2. The zero-order valence-electron chi connectivity index (χ0n) is 15.1. The molecule has 2 heterocycles. The summed E-state index contributed by atoms with van der Waals surface area (Å²) in [5, 5.41) is 3.35. The molecule has 2 fully saturated rings. The maximum atomic E-state index is 13.4. The normalized spacial score (nSPS) is 28.4. The van der Waals surface area contributed by atoms with Crippen LogP contribution in [0.3, 0.4) is 0 Å². The lowest BCUT2D eigenvalue weighted by Crippen LogP contribution is -2.56. The molecule has 2 aliphatic rings. The number of hydrogen-bond acceptors (Lipinski definition) is 3. The number of rotatable bonds is 2. The van der Waals surface area contributed by atoms with Crippen molar-refractivity contribution in [3.8, 4) is 0 Å². The summed E-state index contributed by atoms with van der Waals surface area (Å²) in [7, 11) is 0. The second-order valence-electron chi connectivity index (χ2n) is 7.23. The van der Waals surface area contributed by atoms with Crippen molar-refractivity contribution in [2.45, 2.75) is 36.8 Å². The molecule has 1 N–H and O–H groups in total. The van der Waals surface area contributed by atoms with E-state index in [-0.39, 0.29) is 29.9 Å². The minimum Gasteiger partial charge on any atom is -0.347 e. The van der Waals surface area contributed by atoms with Crippen LogP contribution in [-0.2, 0) is 15.7 Å². The quantitative estimate of drug-likeness (QED) is 0.742. The van der Waals surface area contributed by atoms with Crippen molar-refractivity contribution >= 4 is 0 Å². The molecule has 0 amide bonds. The van der Waals surface area contributed by atoms with Crippen molar-refractivity contribution in [2.75, 3.05) is 19.8 Å². The summed E-state index contributed by atoms with van der Waals surface area (Å²) in [6.45, 7) is 1.20. The first-order valence-corrected chi connectivity index (χ1v) is 9.32. The van der Waals surface area contributed by atoms with E-state index < -0.39 is 17.5 Å². The van der Waals surface area contributed by atoms with Gasteiger partial charge in [-0.05, 0) is 35.7 Å². The molecule has 0 bridgehead atoms. The highest BCUT2D eigenvalue weighted by Gasteiger charge is 2.48. The van der Waals surface area contributed by atoms with Crippen molar-refractivity contribution in [2.24, 2.45) is 0 Å². The smallest absolute Gasteiger partial charge is 0.347 e. The Balaban J connectivity index is 1.56. The van der Waals surface area contributed by atoms with E-state index in [1.807, 2.05) is 0 Å². The van der Waals surface area contributed by atoms with E-state index in [0.717, 1.165) is 11.6 Å². The van der Waals surface area contributed by atoms with Crippen LogP contribution in [0, 0.1) is 5.82 Å². The lowest BCUT2D eigenvalue weighted by Gasteiger charge is -2.48. The first-order chi connectivity index (χ1) is 13.4. The molecule has 7 heteroatoms. The Hall–Kier alpha value is -1.96. The van der Waals surface area contributed by atoms with Gasteiger partial charge >= 0.3 is 6.18 Å². The highest BCUT2D eigenvalue weighted by molar-refractivity contribution is 5.33. The molecule has 3 nitrogen and oxygen atoms in total. The minimum atomic E-state index is -4.40. The molecule has 150 valence electrons. The van der Waals surface area contributed by atoms with E-state index in [1.54, 1.807) is 18.2 Å². The fourth-order valence-corrected chi connectivity index (χ4v) is 4.16. The molecule has 0 unspecified atom stereocenters. The van der Waals surface area contributed by atoms with Gasteiger partial charge in [0.05, 0.1) is 24.8 Å². The van der Waals surface area contributed by atoms with E-state index in [1.165, 1.54) is 24.3 Å². The van der Waals surface area contributed by atoms with Gasteiger partial charge in [0, 0.05) is 18.9 Å². The average molecular weight is 395 g/mol. The van der Waals surface area contributed by atoms with Gasteiger partial charge < -0.3 is 14.8 Å². The Bertz CT molecular complexity index is 814. The second kappa shape index (κ2) is 7.46. The number of ether oxygens (including phenoxy) is 2. The molecular weight excluding hydrogens is 374 g/mol. The van der Waals surface area contributed by atoms with Crippen LogP contribution in [0.5, 0.6) is 0 Å². The number of halogens is 4. The summed E-state index contributed by atoms with van der Waals surface area (Å²) in [5.74, 6) is -1.65. The molecule has 3 atom stereocenters. The first kappa shape index (κ1) is 19.4. The van der Waals surface area contributed by atoms with Gasteiger partial charge in [-0.2, -0.15) is 13.2 Å². The Morgan fingerprint density at radius 1 is 1.00 bits per heavy atom. The van der Waals surface area contributed by atoms with Gasteiger partial charge in [0.25, 0.3) is 0 Å². The molecular formula is C21H21F4NO2. The number of nitrogens with one attached hydrogen (secondary N) is 1. The van der Waals surface area contributed by atoms with Gasteiger partial charge in [0.2, 0.25) is 0 Å². The predicted molar refractivity (Wildman–Crippen MR) is 95.2 cm³/mol. The van der Waals surface area contributed by atoms with E-state index >= 15 is 0 Å². The van der Waals surface area contributed by atoms with Gasteiger partial charge in [-0.15, -0.1) is 0 Å². The highest BCUT2D eigenvalue weighted by atomic mass is 19.4. The number of morpholine rings is 1. The van der Waals surface area contributed by atoms with Crippen molar-refractivity contribution in [1.82, 2.24) is 5.32 Å². The van der Waals surface area contributed by atoms with Crippen LogP contribution in [0.15, 0.2) is 48.5 Å². The van der Waals surface area contributed by atoms with Crippen LogP contribution in [-0.4, -0.2) is 25.5 Å². The summed E-state index contributed by atoms with van der Waals surface area (Å²) >= 11 is 0. The van der Waals surface area contributed by atoms with E-state index in [0.29, 0.717) is 26.0 Å². The van der Waals surface area contributed by atoms with Crippen LogP contribution >= 0.6 is 0 Å². The van der Waals surface area contributed by atoms with Crippen molar-refractivity contribution in [3.05, 3.63) is 71.0 Å². The Kier molecular flexibility index (Phi) is 5.16. The monoisotopic (exact) mass is 395 g/mol. The van der Waals surface area contributed by atoms with E-state index in [4.69, 9.17) is 9.47 Å². The molecule has 0 radical (unpaired) electrons. The zero-order chi connectivity index (χ0) is 19.8. The maximum absolute atomic E-state index is 13.4. The molecule has 2 aliphatic heterocycles. The summed E-state index contributed by atoms with van der Waals surface area (Å²) in [6, 6.07) is 11.5. The topological polar surface area (TPSA) is 30.5 Å². The Morgan fingerprint density at radius 3 is 2.43 bits per heavy atom. The molecule has 4 rings (SSSR count). The maximum Gasteiger partial charge on any atom is 0.416 e. The third kappa shape index (κ3) is 3.66. The van der Waals surface area contributed by atoms with Crippen LogP contribution in [0.2, 0.25) is 0 Å². The van der Waals surface area contributed by atoms with Gasteiger partial charge in [-0.1, -0.05) is 30.3 Å². The van der Waals surface area contributed by atoms with Gasteiger partial charge in [0.15, 0.2) is 5.79 Å². The molecule has 28 heavy (non-hydrogen) atoms. The van der Waals surface area contributed by atoms with Gasteiger partial charge in [-0.25, -0.2) is 4.39 Å². The largest absolute Gasteiger partial charge is 0.416 e. The lowest BCUT2D eigenvalue weighted by molar-refractivity contribution is -0.289. The Morgan fingerprint density at radius 2 is 1.75 bits per heavy atom. The van der Waals surface area contributed by atoms with Crippen LogP contribution in [0.4, 0.5) is 17.6 Å². The average Bonchev–Trinajstić information content (AvgIpc) is 2.69. The zero-order valence-corrected chi connectivity index (χ0v) is 15.1. The molecule has 2 aromatic carbocycles. The molecule has 2 aromatic rings. The second-order valence-corrected chi connectivity index (χ2v) is 7.23. The molecule has 2 saturated heterocycles. The van der Waals surface area contributed by atoms with Crippen molar-refractivity contribution in [3.63, 3.8) is 0 Å². The third-order valence-corrected chi connectivity index (χ3v) is 5.52. The molecule has 0 aliphatic carbocycles. The Labute approximate surface area is 160 Å². The van der Waals surface area contributed by atoms with Gasteiger partial charge in [0.1, 0.15) is 5.82 Å². The number of hydrogen-bond donors (Lipinski definition) is 1. The fourth-order valence-electron chi connectivity index (χ4n) is 4.16. The standard InChI is InChI=1S/C21H21F4NO2/c22-16-7-5-14(6-8-16)19-20(27-12-11-26-19)10-9-15(13-28-20)17-3-1-2-4-18(17)21(23,24)25/h1-8,15,19,26H,9-13H2/t15-,19-,20+/m0/s1. The molecule has 1 spiro atoms. The SMILES string of the molecule is Fc1ccc([C@@H]2NCCO[C@@]23CC[C@H](c2ccccc2C(F)(F)F)CO3)cc1. The highest BCUT2D eigenvalue weighted by Crippen LogP contribution is 2.45. The predicted octanol–water partition coefficient (Wildman–Crippen LogP) is 4.80. The summed E-state index contributed by atoms with van der Waals surface area (Å²) in [5.41, 5.74) is 0.472. The van der Waals surface area contributed by atoms with Crippen molar-refractivity contribution < 1.29 is 27.0 Å². The van der Waals surface area contributed by atoms with Crippen molar-refractivity contribution in [1.29, 1.82) is 0 Å². The third-order valence-electron chi connectivity index (χ3n) is 5.52. The van der Waals surface area contributed by atoms with Crippen LogP contribution in [0.25, 0.3) is 0 Å². The molecule has 0 saturated carbocycles. The molecule has 0 aromatic heterocycles. The van der Waals surface area contributed by atoms with Crippen LogP contribution < -0.4 is 5.32 Å². The van der Waals surface area contributed by atoms with E-state index in [2.05, 4.69) is 5.32 Å². The van der Waals surface area contributed by atoms with E-state index in [9.17, 15) is 17.6 Å². The summed E-state index contributed by atoms with van der Waals surface area (Å²) in [4.78, 5) is 0. The van der Waals surface area contributed by atoms with Gasteiger partial charge in [-0.3, -0.25) is 0 Å². The number of alkyl halides is 3. The van der Waals surface area contributed by atoms with Crippen LogP contribution in [0.1, 0.15) is 41.5 Å². The minimum absolute atomic E-state index is 0.131. The first-order valence-electron chi connectivity index (χ1n) is 9.32. The summed E-state index contributed by atoms with van der Waals surface area (Å²) < 4.78 is 65.4. The fraction of sp³-hybridized carbons (Fsp3) is 0.429. The summed E-state index contributed by atoms with van der Waals surface area (Å²) in [6.07, 6.45) is -3.45. The lowest BCUT2D eigenvalue weighted by atomic mass is 9.83.